The summed E-state index contributed by atoms with van der Waals surface area (Å²) in [5.74, 6) is 0.734. The van der Waals surface area contributed by atoms with Crippen molar-refractivity contribution in [2.75, 3.05) is 5.32 Å². The van der Waals surface area contributed by atoms with Crippen LogP contribution < -0.4 is 5.32 Å². The highest BCUT2D eigenvalue weighted by atomic mass is 32.1. The van der Waals surface area contributed by atoms with Crippen LogP contribution in [0.2, 0.25) is 0 Å². The average molecular weight is 374 g/mol. The first-order valence-electron chi connectivity index (χ1n) is 9.43. The van der Waals surface area contributed by atoms with Crippen LogP contribution in [0.15, 0.2) is 60.0 Å². The van der Waals surface area contributed by atoms with Crippen LogP contribution >= 0.6 is 11.3 Å². The first-order chi connectivity index (χ1) is 13.2. The Morgan fingerprint density at radius 1 is 1.04 bits per heavy atom. The number of anilines is 1. The molecule has 1 amide bonds. The fourth-order valence-corrected chi connectivity index (χ4v) is 4.74. The van der Waals surface area contributed by atoms with Gasteiger partial charge >= 0.3 is 0 Å². The van der Waals surface area contributed by atoms with Crippen LogP contribution in [0.4, 0.5) is 5.69 Å². The first-order valence-corrected chi connectivity index (χ1v) is 10.3. The first kappa shape index (κ1) is 17.7. The summed E-state index contributed by atoms with van der Waals surface area (Å²) < 4.78 is 0. The van der Waals surface area contributed by atoms with E-state index in [-0.39, 0.29) is 5.91 Å². The van der Waals surface area contributed by atoms with E-state index in [9.17, 15) is 4.79 Å². The quantitative estimate of drug-likeness (QED) is 0.535. The standard InChI is InChI=1S/C24H23NOS/c1-17-7-14-21-22(16-27-23(21)15-17)24(26)25-20-12-10-19(11-13-20)9-8-18-5-3-2-4-6-18/h2-6,8-13,16-17H,7,14-15H2,1H3,(H,25,26)/b9-8+. The van der Waals surface area contributed by atoms with Gasteiger partial charge in [-0.15, -0.1) is 11.3 Å². The lowest BCUT2D eigenvalue weighted by Gasteiger charge is -2.18. The Kier molecular flexibility index (Phi) is 5.21. The maximum Gasteiger partial charge on any atom is 0.256 e. The molecule has 27 heavy (non-hydrogen) atoms. The molecule has 2 aromatic carbocycles. The van der Waals surface area contributed by atoms with Crippen LogP contribution in [-0.2, 0) is 12.8 Å². The molecule has 1 heterocycles. The second kappa shape index (κ2) is 7.93. The van der Waals surface area contributed by atoms with Gasteiger partial charge in [0.2, 0.25) is 0 Å². The molecule has 0 aliphatic heterocycles. The van der Waals surface area contributed by atoms with E-state index in [1.807, 2.05) is 47.8 Å². The number of benzene rings is 2. The number of amides is 1. The van der Waals surface area contributed by atoms with Crippen molar-refractivity contribution < 1.29 is 4.79 Å². The zero-order valence-electron chi connectivity index (χ0n) is 15.4. The minimum atomic E-state index is 0.00892. The highest BCUT2D eigenvalue weighted by Crippen LogP contribution is 2.33. The molecule has 3 heteroatoms. The van der Waals surface area contributed by atoms with Crippen LogP contribution in [0.1, 0.15) is 45.3 Å². The predicted molar refractivity (Wildman–Crippen MR) is 115 cm³/mol. The Labute approximate surface area is 164 Å². The van der Waals surface area contributed by atoms with Crippen molar-refractivity contribution in [2.45, 2.75) is 26.2 Å². The average Bonchev–Trinajstić information content (AvgIpc) is 3.11. The summed E-state index contributed by atoms with van der Waals surface area (Å²) in [6, 6.07) is 18.2. The fourth-order valence-electron chi connectivity index (χ4n) is 3.50. The topological polar surface area (TPSA) is 29.1 Å². The number of hydrogen-bond acceptors (Lipinski definition) is 2. The SMILES string of the molecule is CC1CCc2c(C(=O)Nc3ccc(/C=C/c4ccccc4)cc3)csc2C1. The van der Waals surface area contributed by atoms with Gasteiger partial charge in [-0.3, -0.25) is 4.79 Å². The molecule has 2 nitrogen and oxygen atoms in total. The van der Waals surface area contributed by atoms with Crippen molar-refractivity contribution >= 4 is 35.1 Å². The molecule has 3 aromatic rings. The lowest BCUT2D eigenvalue weighted by molar-refractivity contribution is 0.102. The smallest absolute Gasteiger partial charge is 0.256 e. The molecule has 1 aliphatic rings. The van der Waals surface area contributed by atoms with Gasteiger partial charge in [0.15, 0.2) is 0 Å². The number of thiophene rings is 1. The summed E-state index contributed by atoms with van der Waals surface area (Å²) in [5.41, 5.74) is 5.24. The molecule has 1 aromatic heterocycles. The Morgan fingerprint density at radius 2 is 1.74 bits per heavy atom. The normalized spacial score (nSPS) is 16.3. The van der Waals surface area contributed by atoms with E-state index in [0.29, 0.717) is 0 Å². The van der Waals surface area contributed by atoms with E-state index in [0.717, 1.165) is 35.6 Å². The van der Waals surface area contributed by atoms with E-state index < -0.39 is 0 Å². The molecule has 4 rings (SSSR count). The summed E-state index contributed by atoms with van der Waals surface area (Å²) in [6.45, 7) is 2.29. The van der Waals surface area contributed by atoms with Crippen LogP contribution in [0.5, 0.6) is 0 Å². The third kappa shape index (κ3) is 4.20. The van der Waals surface area contributed by atoms with Gasteiger partial charge in [0.25, 0.3) is 5.91 Å². The zero-order valence-corrected chi connectivity index (χ0v) is 16.3. The molecule has 1 atom stereocenters. The number of rotatable bonds is 4. The highest BCUT2D eigenvalue weighted by molar-refractivity contribution is 7.10. The minimum Gasteiger partial charge on any atom is -0.322 e. The van der Waals surface area contributed by atoms with E-state index in [4.69, 9.17) is 0 Å². The summed E-state index contributed by atoms with van der Waals surface area (Å²) in [5, 5.41) is 5.07. The maximum atomic E-state index is 12.7. The molecule has 1 aliphatic carbocycles. The van der Waals surface area contributed by atoms with Gasteiger partial charge in [-0.25, -0.2) is 0 Å². The van der Waals surface area contributed by atoms with Gasteiger partial charge in [0, 0.05) is 15.9 Å². The van der Waals surface area contributed by atoms with Crippen molar-refractivity contribution in [3.05, 3.63) is 87.1 Å². The number of carbonyl (C=O) groups is 1. The van der Waals surface area contributed by atoms with E-state index in [1.54, 1.807) is 11.3 Å². The lowest BCUT2D eigenvalue weighted by Crippen LogP contribution is -2.16. The van der Waals surface area contributed by atoms with E-state index in [1.165, 1.54) is 22.4 Å². The Morgan fingerprint density at radius 3 is 2.48 bits per heavy atom. The van der Waals surface area contributed by atoms with Gasteiger partial charge in [0.05, 0.1) is 5.56 Å². The Balaban J connectivity index is 1.43. The van der Waals surface area contributed by atoms with Crippen LogP contribution in [0, 0.1) is 5.92 Å². The van der Waals surface area contributed by atoms with Gasteiger partial charge in [-0.2, -0.15) is 0 Å². The van der Waals surface area contributed by atoms with Gasteiger partial charge in [-0.1, -0.05) is 61.5 Å². The zero-order chi connectivity index (χ0) is 18.6. The summed E-state index contributed by atoms with van der Waals surface area (Å²) in [7, 11) is 0. The number of carbonyl (C=O) groups excluding carboxylic acids is 1. The lowest BCUT2D eigenvalue weighted by atomic mass is 9.88. The molecule has 0 bridgehead atoms. The second-order valence-corrected chi connectivity index (χ2v) is 8.18. The summed E-state index contributed by atoms with van der Waals surface area (Å²) in [4.78, 5) is 14.1. The summed E-state index contributed by atoms with van der Waals surface area (Å²) >= 11 is 1.73. The minimum absolute atomic E-state index is 0.00892. The van der Waals surface area contributed by atoms with Crippen molar-refractivity contribution in [2.24, 2.45) is 5.92 Å². The molecule has 0 saturated carbocycles. The molecular formula is C24H23NOS. The van der Waals surface area contributed by atoms with Crippen molar-refractivity contribution in [3.63, 3.8) is 0 Å². The van der Waals surface area contributed by atoms with Gasteiger partial charge < -0.3 is 5.32 Å². The van der Waals surface area contributed by atoms with Crippen molar-refractivity contribution in [3.8, 4) is 0 Å². The van der Waals surface area contributed by atoms with Crippen LogP contribution in [0.25, 0.3) is 12.2 Å². The maximum absolute atomic E-state index is 12.7. The molecule has 0 radical (unpaired) electrons. The van der Waals surface area contributed by atoms with Crippen LogP contribution in [0.3, 0.4) is 0 Å². The van der Waals surface area contributed by atoms with Crippen molar-refractivity contribution in [1.82, 2.24) is 0 Å². The largest absolute Gasteiger partial charge is 0.322 e. The Bertz CT molecular complexity index is 954. The molecule has 1 unspecified atom stereocenters. The second-order valence-electron chi connectivity index (χ2n) is 7.22. The fraction of sp³-hybridized carbons (Fsp3) is 0.208. The molecule has 0 fully saturated rings. The summed E-state index contributed by atoms with van der Waals surface area (Å²) in [6.07, 6.45) is 7.47. The van der Waals surface area contributed by atoms with E-state index in [2.05, 4.69) is 36.5 Å². The third-order valence-corrected chi connectivity index (χ3v) is 6.13. The van der Waals surface area contributed by atoms with Gasteiger partial charge in [0.1, 0.15) is 0 Å². The van der Waals surface area contributed by atoms with Crippen LogP contribution in [-0.4, -0.2) is 5.91 Å². The predicted octanol–water partition coefficient (Wildman–Crippen LogP) is 6.30. The Hall–Kier alpha value is -2.65. The number of fused-ring (bicyclic) bond motifs is 1. The molecule has 1 N–H and O–H groups in total. The third-order valence-electron chi connectivity index (χ3n) is 5.08. The highest BCUT2D eigenvalue weighted by Gasteiger charge is 2.23. The number of nitrogens with one attached hydrogen (secondary N) is 1. The number of hydrogen-bond donors (Lipinski definition) is 1. The van der Waals surface area contributed by atoms with Crippen molar-refractivity contribution in [1.29, 1.82) is 0 Å². The van der Waals surface area contributed by atoms with E-state index >= 15 is 0 Å². The monoisotopic (exact) mass is 373 g/mol. The molecule has 0 saturated heterocycles. The van der Waals surface area contributed by atoms with Gasteiger partial charge in [-0.05, 0) is 54.0 Å². The molecular weight excluding hydrogens is 350 g/mol. The molecule has 0 spiro atoms. The molecule has 136 valence electrons.